The minimum Gasteiger partial charge on any atom is -0.310 e. The lowest BCUT2D eigenvalue weighted by Crippen LogP contribution is -2.04. The van der Waals surface area contributed by atoms with Crippen molar-refractivity contribution < 1.29 is 4.39 Å². The van der Waals surface area contributed by atoms with Crippen molar-refractivity contribution in [2.75, 3.05) is 0 Å². The summed E-state index contributed by atoms with van der Waals surface area (Å²) < 4.78 is 15.2. The molecule has 1 aromatic heterocycles. The van der Waals surface area contributed by atoms with Crippen molar-refractivity contribution in [2.24, 2.45) is 0 Å². The van der Waals surface area contributed by atoms with Crippen LogP contribution in [0.3, 0.4) is 0 Å². The molecule has 0 fully saturated rings. The number of aryl methyl sites for hydroxylation is 1. The molecule has 0 bridgehead atoms. The van der Waals surface area contributed by atoms with Crippen molar-refractivity contribution >= 4 is 15.9 Å². The summed E-state index contributed by atoms with van der Waals surface area (Å²) in [6, 6.07) is 4.74. The van der Waals surface area contributed by atoms with Crippen molar-refractivity contribution in [1.82, 2.24) is 14.8 Å². The Bertz CT molecular complexity index is 551. The molecule has 0 N–H and O–H groups in total. The van der Waals surface area contributed by atoms with Crippen LogP contribution < -0.4 is 0 Å². The highest BCUT2D eigenvalue weighted by Gasteiger charge is 2.14. The molecule has 1 heterocycles. The number of alkyl halides is 1. The molecule has 0 saturated carbocycles. The monoisotopic (exact) mass is 311 g/mol. The second-order valence-electron chi connectivity index (χ2n) is 4.18. The van der Waals surface area contributed by atoms with Crippen molar-refractivity contribution in [3.8, 4) is 11.4 Å². The predicted octanol–water partition coefficient (Wildman–Crippen LogP) is 3.70. The fourth-order valence-electron chi connectivity index (χ4n) is 1.97. The normalized spacial score (nSPS) is 10.9. The Morgan fingerprint density at radius 2 is 2.11 bits per heavy atom. The third-order valence-electron chi connectivity index (χ3n) is 2.82. The van der Waals surface area contributed by atoms with E-state index in [4.69, 9.17) is 0 Å². The largest absolute Gasteiger partial charge is 0.310 e. The van der Waals surface area contributed by atoms with Crippen LogP contribution in [0.5, 0.6) is 0 Å². The summed E-state index contributed by atoms with van der Waals surface area (Å²) in [5.41, 5.74) is 1.81. The molecule has 0 spiro atoms. The van der Waals surface area contributed by atoms with Gasteiger partial charge >= 0.3 is 0 Å². The minimum atomic E-state index is -0.224. The van der Waals surface area contributed by atoms with E-state index >= 15 is 0 Å². The zero-order valence-electron chi connectivity index (χ0n) is 10.5. The maximum absolute atomic E-state index is 13.1. The Hall–Kier alpha value is -1.23. The molecular formula is C13H15BrFN3. The smallest absolute Gasteiger partial charge is 0.164 e. The van der Waals surface area contributed by atoms with E-state index in [1.165, 1.54) is 12.1 Å². The van der Waals surface area contributed by atoms with Gasteiger partial charge in [-0.2, -0.15) is 0 Å². The van der Waals surface area contributed by atoms with Crippen LogP contribution in [0, 0.1) is 12.7 Å². The minimum absolute atomic E-state index is 0.224. The Labute approximate surface area is 114 Å². The molecule has 0 aliphatic carbocycles. The fraction of sp³-hybridized carbons (Fsp3) is 0.385. The molecule has 1 aromatic carbocycles. The number of rotatable bonds is 4. The molecule has 0 radical (unpaired) electrons. The highest BCUT2D eigenvalue weighted by atomic mass is 79.9. The summed E-state index contributed by atoms with van der Waals surface area (Å²) in [5, 5.41) is 9.06. The van der Waals surface area contributed by atoms with Crippen LogP contribution >= 0.6 is 15.9 Å². The van der Waals surface area contributed by atoms with Crippen LogP contribution in [-0.4, -0.2) is 14.8 Å². The molecule has 0 atom stereocenters. The number of aromatic nitrogens is 3. The fourth-order valence-corrected chi connectivity index (χ4v) is 2.38. The number of hydrogen-bond acceptors (Lipinski definition) is 2. The van der Waals surface area contributed by atoms with Crippen molar-refractivity contribution in [1.29, 1.82) is 0 Å². The molecule has 3 nitrogen and oxygen atoms in total. The highest BCUT2D eigenvalue weighted by molar-refractivity contribution is 9.08. The van der Waals surface area contributed by atoms with Crippen LogP contribution in [0.1, 0.15) is 24.7 Å². The number of benzene rings is 1. The van der Waals surface area contributed by atoms with Crippen LogP contribution in [0.15, 0.2) is 18.2 Å². The summed E-state index contributed by atoms with van der Waals surface area (Å²) in [7, 11) is 0. The third-order valence-corrected chi connectivity index (χ3v) is 3.33. The van der Waals surface area contributed by atoms with Crippen molar-refractivity contribution in [3.63, 3.8) is 0 Å². The first-order valence-corrected chi connectivity index (χ1v) is 7.04. The molecule has 2 aromatic rings. The Balaban J connectivity index is 2.52. The second-order valence-corrected chi connectivity index (χ2v) is 4.75. The standard InChI is InChI=1S/C13H15BrFN3/c1-3-6-18-12(8-14)16-17-13(18)11-5-4-10(15)7-9(11)2/h4-5,7H,3,6,8H2,1-2H3. The number of nitrogens with zero attached hydrogens (tertiary/aromatic N) is 3. The van der Waals surface area contributed by atoms with Gasteiger partial charge in [-0.05, 0) is 37.1 Å². The lowest BCUT2D eigenvalue weighted by molar-refractivity contribution is 0.626. The van der Waals surface area contributed by atoms with Gasteiger partial charge in [0.05, 0.1) is 5.33 Å². The van der Waals surface area contributed by atoms with E-state index in [9.17, 15) is 4.39 Å². The van der Waals surface area contributed by atoms with Gasteiger partial charge in [-0.1, -0.05) is 22.9 Å². The summed E-state index contributed by atoms with van der Waals surface area (Å²) in [5.74, 6) is 1.48. The van der Waals surface area contributed by atoms with Crippen LogP contribution in [-0.2, 0) is 11.9 Å². The Morgan fingerprint density at radius 3 is 2.72 bits per heavy atom. The van der Waals surface area contributed by atoms with Gasteiger partial charge in [-0.25, -0.2) is 4.39 Å². The average molecular weight is 312 g/mol. The summed E-state index contributed by atoms with van der Waals surface area (Å²) >= 11 is 3.41. The van der Waals surface area contributed by atoms with Crippen LogP contribution in [0.4, 0.5) is 4.39 Å². The third kappa shape index (κ3) is 2.46. The van der Waals surface area contributed by atoms with E-state index in [0.29, 0.717) is 5.33 Å². The van der Waals surface area contributed by atoms with Crippen LogP contribution in [0.2, 0.25) is 0 Å². The quantitative estimate of drug-likeness (QED) is 0.806. The first-order chi connectivity index (χ1) is 8.67. The molecule has 96 valence electrons. The Kier molecular flexibility index (Phi) is 4.11. The van der Waals surface area contributed by atoms with E-state index in [1.807, 2.05) is 6.92 Å². The molecule has 0 saturated heterocycles. The van der Waals surface area contributed by atoms with Crippen molar-refractivity contribution in [2.45, 2.75) is 32.1 Å². The lowest BCUT2D eigenvalue weighted by Gasteiger charge is -2.09. The number of halogens is 2. The molecule has 0 aliphatic rings. The molecule has 2 rings (SSSR count). The molecule has 5 heteroatoms. The van der Waals surface area contributed by atoms with Crippen molar-refractivity contribution in [3.05, 3.63) is 35.4 Å². The lowest BCUT2D eigenvalue weighted by atomic mass is 10.1. The maximum atomic E-state index is 13.1. The molecule has 18 heavy (non-hydrogen) atoms. The Morgan fingerprint density at radius 1 is 1.33 bits per heavy atom. The first kappa shape index (κ1) is 13.2. The van der Waals surface area contributed by atoms with Gasteiger partial charge in [-0.15, -0.1) is 10.2 Å². The second kappa shape index (κ2) is 5.61. The molecule has 0 amide bonds. The van der Waals surface area contributed by atoms with Crippen LogP contribution in [0.25, 0.3) is 11.4 Å². The van der Waals surface area contributed by atoms with Gasteiger partial charge in [0.25, 0.3) is 0 Å². The molecule has 0 unspecified atom stereocenters. The summed E-state index contributed by atoms with van der Waals surface area (Å²) in [6.45, 7) is 4.86. The highest BCUT2D eigenvalue weighted by Crippen LogP contribution is 2.24. The SMILES string of the molecule is CCCn1c(CBr)nnc1-c1ccc(F)cc1C. The molecule has 0 aliphatic heterocycles. The zero-order chi connectivity index (χ0) is 13.1. The number of hydrogen-bond donors (Lipinski definition) is 0. The topological polar surface area (TPSA) is 30.7 Å². The summed E-state index contributed by atoms with van der Waals surface area (Å²) in [6.07, 6.45) is 1.01. The van der Waals surface area contributed by atoms with Gasteiger partial charge in [-0.3, -0.25) is 0 Å². The van der Waals surface area contributed by atoms with E-state index < -0.39 is 0 Å². The van der Waals surface area contributed by atoms with E-state index in [1.54, 1.807) is 6.07 Å². The van der Waals surface area contributed by atoms with E-state index in [2.05, 4.69) is 37.6 Å². The van der Waals surface area contributed by atoms with Gasteiger partial charge < -0.3 is 4.57 Å². The maximum Gasteiger partial charge on any atom is 0.164 e. The predicted molar refractivity (Wildman–Crippen MR) is 73.1 cm³/mol. The van der Waals surface area contributed by atoms with Gasteiger partial charge in [0, 0.05) is 12.1 Å². The van der Waals surface area contributed by atoms with Gasteiger partial charge in [0.15, 0.2) is 5.82 Å². The zero-order valence-corrected chi connectivity index (χ0v) is 12.0. The van der Waals surface area contributed by atoms with Gasteiger partial charge in [0.2, 0.25) is 0 Å². The summed E-state index contributed by atoms with van der Waals surface area (Å²) in [4.78, 5) is 0. The van der Waals surface area contributed by atoms with E-state index in [0.717, 1.165) is 35.7 Å². The average Bonchev–Trinajstić information content (AvgIpc) is 2.73. The van der Waals surface area contributed by atoms with Gasteiger partial charge in [0.1, 0.15) is 11.6 Å². The van der Waals surface area contributed by atoms with E-state index in [-0.39, 0.29) is 5.82 Å². The molecular weight excluding hydrogens is 297 g/mol. The first-order valence-electron chi connectivity index (χ1n) is 5.92.